The highest BCUT2D eigenvalue weighted by atomic mass is 35.5. The van der Waals surface area contributed by atoms with Crippen LogP contribution < -0.4 is 5.32 Å². The summed E-state index contributed by atoms with van der Waals surface area (Å²) in [5, 5.41) is 12.3. The van der Waals surface area contributed by atoms with Crippen LogP contribution in [0, 0.1) is 11.8 Å². The summed E-state index contributed by atoms with van der Waals surface area (Å²) in [6, 6.07) is 6.82. The van der Waals surface area contributed by atoms with E-state index < -0.39 is 30.0 Å². The number of amides is 1. The number of para-hydroxylation sites is 1. The first-order valence-electron chi connectivity index (χ1n) is 6.20. The molecule has 4 atom stereocenters. The molecule has 0 spiro atoms. The number of hydrogen-bond acceptors (Lipinski definition) is 3. The maximum atomic E-state index is 12.3. The number of hydrogen-bond donors (Lipinski definition) is 2. The van der Waals surface area contributed by atoms with Gasteiger partial charge in [0, 0.05) is 0 Å². The van der Waals surface area contributed by atoms with Crippen LogP contribution in [-0.4, -0.2) is 29.2 Å². The zero-order valence-electron chi connectivity index (χ0n) is 10.3. The van der Waals surface area contributed by atoms with Crippen molar-refractivity contribution in [3.8, 4) is 0 Å². The van der Waals surface area contributed by atoms with Crippen molar-refractivity contribution in [3.05, 3.63) is 41.4 Å². The molecule has 3 rings (SSSR count). The number of benzene rings is 1. The van der Waals surface area contributed by atoms with Crippen molar-refractivity contribution in [1.29, 1.82) is 0 Å². The van der Waals surface area contributed by atoms with Crippen molar-refractivity contribution >= 4 is 29.2 Å². The van der Waals surface area contributed by atoms with E-state index in [1.54, 1.807) is 36.4 Å². The molecule has 1 fully saturated rings. The molecule has 1 amide bonds. The van der Waals surface area contributed by atoms with Gasteiger partial charge < -0.3 is 15.2 Å². The average Bonchev–Trinajstić information content (AvgIpc) is 3.01. The Morgan fingerprint density at radius 2 is 1.80 bits per heavy atom. The highest BCUT2D eigenvalue weighted by molar-refractivity contribution is 6.33. The van der Waals surface area contributed by atoms with Crippen molar-refractivity contribution < 1.29 is 19.4 Å². The molecule has 0 radical (unpaired) electrons. The Bertz CT molecular complexity index is 601. The molecule has 0 aromatic heterocycles. The summed E-state index contributed by atoms with van der Waals surface area (Å²) in [4.78, 5) is 23.6. The average molecular weight is 294 g/mol. The molecule has 2 N–H and O–H groups in total. The largest absolute Gasteiger partial charge is 0.481 e. The maximum absolute atomic E-state index is 12.3. The zero-order chi connectivity index (χ0) is 14.3. The van der Waals surface area contributed by atoms with Gasteiger partial charge in [-0.1, -0.05) is 35.9 Å². The third-order valence-electron chi connectivity index (χ3n) is 3.62. The Morgan fingerprint density at radius 3 is 2.45 bits per heavy atom. The Balaban J connectivity index is 1.82. The number of nitrogens with one attached hydrogen (secondary N) is 1. The number of ether oxygens (including phenoxy) is 1. The normalized spacial score (nSPS) is 30.4. The SMILES string of the molecule is O=C(O)[C@H]1[C@H](C(=O)Nc2ccccc2Cl)[C@H]2C=C[C@H]1O2. The fourth-order valence-electron chi connectivity index (χ4n) is 2.69. The molecule has 1 aromatic carbocycles. The summed E-state index contributed by atoms with van der Waals surface area (Å²) in [6.45, 7) is 0. The monoisotopic (exact) mass is 293 g/mol. The Hall–Kier alpha value is -1.85. The summed E-state index contributed by atoms with van der Waals surface area (Å²) >= 11 is 5.98. The van der Waals surface area contributed by atoms with Crippen LogP contribution in [0.3, 0.4) is 0 Å². The minimum absolute atomic E-state index is 0.387. The van der Waals surface area contributed by atoms with E-state index in [2.05, 4.69) is 5.32 Å². The lowest BCUT2D eigenvalue weighted by atomic mass is 9.82. The Morgan fingerprint density at radius 1 is 1.15 bits per heavy atom. The Kier molecular flexibility index (Phi) is 3.23. The van der Waals surface area contributed by atoms with Crippen molar-refractivity contribution in [3.63, 3.8) is 0 Å². The fourth-order valence-corrected chi connectivity index (χ4v) is 2.88. The molecule has 2 bridgehead atoms. The molecule has 2 heterocycles. The number of aliphatic carboxylic acids is 1. The number of rotatable bonds is 3. The van der Waals surface area contributed by atoms with Gasteiger partial charge in [-0.05, 0) is 12.1 Å². The second-order valence-electron chi connectivity index (χ2n) is 4.81. The number of halogens is 1. The van der Waals surface area contributed by atoms with Crippen LogP contribution >= 0.6 is 11.6 Å². The molecule has 20 heavy (non-hydrogen) atoms. The molecular weight excluding hydrogens is 282 g/mol. The molecule has 1 aromatic rings. The first-order valence-corrected chi connectivity index (χ1v) is 6.57. The van der Waals surface area contributed by atoms with E-state index in [9.17, 15) is 14.7 Å². The van der Waals surface area contributed by atoms with E-state index in [4.69, 9.17) is 16.3 Å². The zero-order valence-corrected chi connectivity index (χ0v) is 11.1. The fraction of sp³-hybridized carbons (Fsp3) is 0.286. The van der Waals surface area contributed by atoms with Crippen LogP contribution in [0.25, 0.3) is 0 Å². The van der Waals surface area contributed by atoms with Gasteiger partial charge in [0.2, 0.25) is 5.91 Å². The highest BCUT2D eigenvalue weighted by Gasteiger charge is 2.53. The smallest absolute Gasteiger partial charge is 0.310 e. The van der Waals surface area contributed by atoms with E-state index in [-0.39, 0.29) is 5.91 Å². The van der Waals surface area contributed by atoms with Crippen LogP contribution in [0.4, 0.5) is 5.69 Å². The summed E-state index contributed by atoms with van der Waals surface area (Å²) in [6.07, 6.45) is 2.42. The van der Waals surface area contributed by atoms with E-state index >= 15 is 0 Å². The van der Waals surface area contributed by atoms with Gasteiger partial charge >= 0.3 is 5.97 Å². The van der Waals surface area contributed by atoms with Gasteiger partial charge in [0.25, 0.3) is 0 Å². The van der Waals surface area contributed by atoms with Crippen molar-refractivity contribution in [1.82, 2.24) is 0 Å². The number of anilines is 1. The predicted molar refractivity (Wildman–Crippen MR) is 72.5 cm³/mol. The molecule has 2 aliphatic heterocycles. The van der Waals surface area contributed by atoms with Gasteiger partial charge in [0.05, 0.1) is 28.8 Å². The number of carboxylic acids is 1. The van der Waals surface area contributed by atoms with E-state index in [0.717, 1.165) is 0 Å². The number of carbonyl (C=O) groups excluding carboxylic acids is 1. The number of carboxylic acid groups (broad SMARTS) is 1. The third kappa shape index (κ3) is 2.09. The molecule has 0 saturated carbocycles. The summed E-state index contributed by atoms with van der Waals surface area (Å²) in [5.74, 6) is -3.00. The van der Waals surface area contributed by atoms with Gasteiger partial charge in [-0.15, -0.1) is 0 Å². The second kappa shape index (κ2) is 4.92. The van der Waals surface area contributed by atoms with E-state index in [1.165, 1.54) is 0 Å². The van der Waals surface area contributed by atoms with Gasteiger partial charge in [0.15, 0.2) is 0 Å². The first kappa shape index (κ1) is 13.1. The van der Waals surface area contributed by atoms with Gasteiger partial charge in [-0.3, -0.25) is 9.59 Å². The number of fused-ring (bicyclic) bond motifs is 2. The first-order chi connectivity index (χ1) is 9.58. The van der Waals surface area contributed by atoms with Crippen LogP contribution in [-0.2, 0) is 14.3 Å². The standard InChI is InChI=1S/C14H12ClNO4/c15-7-3-1-2-4-8(7)16-13(17)11-9-5-6-10(20-9)12(11)14(18)19/h1-6,9-12H,(H,16,17)(H,18,19)/t9-,10-,11-,12-/m1/s1. The topological polar surface area (TPSA) is 75.6 Å². The number of carbonyl (C=O) groups is 2. The van der Waals surface area contributed by atoms with E-state index in [1.807, 2.05) is 0 Å². The van der Waals surface area contributed by atoms with Gasteiger partial charge in [0.1, 0.15) is 5.92 Å². The molecular formula is C14H12ClNO4. The van der Waals surface area contributed by atoms with E-state index in [0.29, 0.717) is 10.7 Å². The van der Waals surface area contributed by atoms with Crippen LogP contribution in [0.5, 0.6) is 0 Å². The lowest BCUT2D eigenvalue weighted by molar-refractivity contribution is -0.145. The lowest BCUT2D eigenvalue weighted by Gasteiger charge is -2.21. The van der Waals surface area contributed by atoms with Gasteiger partial charge in [-0.2, -0.15) is 0 Å². The van der Waals surface area contributed by atoms with Crippen LogP contribution in [0.2, 0.25) is 5.02 Å². The quantitative estimate of drug-likeness (QED) is 0.835. The molecule has 5 nitrogen and oxygen atoms in total. The summed E-state index contributed by atoms with van der Waals surface area (Å²) in [7, 11) is 0. The van der Waals surface area contributed by atoms with Crippen LogP contribution in [0.15, 0.2) is 36.4 Å². The Labute approximate surface area is 120 Å². The molecule has 0 unspecified atom stereocenters. The lowest BCUT2D eigenvalue weighted by Crippen LogP contribution is -2.39. The van der Waals surface area contributed by atoms with Gasteiger partial charge in [-0.25, -0.2) is 0 Å². The maximum Gasteiger partial charge on any atom is 0.310 e. The molecule has 104 valence electrons. The molecule has 2 aliphatic rings. The highest BCUT2D eigenvalue weighted by Crippen LogP contribution is 2.40. The van der Waals surface area contributed by atoms with Crippen LogP contribution in [0.1, 0.15) is 0 Å². The minimum atomic E-state index is -1.03. The molecule has 1 saturated heterocycles. The predicted octanol–water partition coefficient (Wildman–Crippen LogP) is 1.93. The third-order valence-corrected chi connectivity index (χ3v) is 3.95. The summed E-state index contributed by atoms with van der Waals surface area (Å²) in [5.41, 5.74) is 0.468. The minimum Gasteiger partial charge on any atom is -0.481 e. The molecule has 0 aliphatic carbocycles. The van der Waals surface area contributed by atoms with Crippen molar-refractivity contribution in [2.24, 2.45) is 11.8 Å². The van der Waals surface area contributed by atoms with Crippen molar-refractivity contribution in [2.75, 3.05) is 5.32 Å². The molecule has 6 heteroatoms. The van der Waals surface area contributed by atoms with Crippen molar-refractivity contribution in [2.45, 2.75) is 12.2 Å². The summed E-state index contributed by atoms with van der Waals surface area (Å²) < 4.78 is 5.46. The second-order valence-corrected chi connectivity index (χ2v) is 5.22.